The Kier molecular flexibility index (Phi) is 9.02. The average molecular weight is 198 g/mol. The van der Waals surface area contributed by atoms with E-state index in [-0.39, 0.29) is 0 Å². The molecule has 0 bridgehead atoms. The minimum Gasteiger partial charge on any atom is -0.300 e. The lowest BCUT2D eigenvalue weighted by Gasteiger charge is -2.06. The van der Waals surface area contributed by atoms with Crippen molar-refractivity contribution in [2.45, 2.75) is 72.1 Å². The van der Waals surface area contributed by atoms with Crippen LogP contribution in [0.25, 0.3) is 0 Å². The van der Waals surface area contributed by atoms with Gasteiger partial charge in [-0.15, -0.1) is 0 Å². The Hall–Kier alpha value is -0.330. The molecule has 0 aliphatic carbocycles. The normalized spacial score (nSPS) is 12.8. The molecule has 0 heterocycles. The lowest BCUT2D eigenvalue weighted by molar-refractivity contribution is -0.120. The molecule has 0 amide bonds. The Labute approximate surface area is 89.3 Å². The number of carbonyl (C=O) groups is 1. The van der Waals surface area contributed by atoms with Gasteiger partial charge in [-0.05, 0) is 12.3 Å². The Balaban J connectivity index is 3.27. The summed E-state index contributed by atoms with van der Waals surface area (Å²) in [6.45, 7) is 6.53. The van der Waals surface area contributed by atoms with Crippen LogP contribution in [-0.4, -0.2) is 5.78 Å². The lowest BCUT2D eigenvalue weighted by Crippen LogP contribution is -2.04. The fraction of sp³-hybridized carbons (Fsp3) is 0.923. The van der Waals surface area contributed by atoms with E-state index in [0.29, 0.717) is 11.7 Å². The van der Waals surface area contributed by atoms with Gasteiger partial charge in [-0.25, -0.2) is 0 Å². The maximum Gasteiger partial charge on any atom is 0.133 e. The smallest absolute Gasteiger partial charge is 0.133 e. The topological polar surface area (TPSA) is 17.1 Å². The van der Waals surface area contributed by atoms with Crippen LogP contribution in [0, 0.1) is 5.92 Å². The van der Waals surface area contributed by atoms with E-state index in [0.717, 1.165) is 25.7 Å². The number of unbranched alkanes of at least 4 members (excludes halogenated alkanes) is 4. The summed E-state index contributed by atoms with van der Waals surface area (Å²) >= 11 is 0. The van der Waals surface area contributed by atoms with Crippen LogP contribution >= 0.6 is 0 Å². The van der Waals surface area contributed by atoms with Crippen molar-refractivity contribution in [3.8, 4) is 0 Å². The molecule has 0 saturated carbocycles. The molecule has 84 valence electrons. The van der Waals surface area contributed by atoms with Gasteiger partial charge in [0.05, 0.1) is 0 Å². The molecule has 1 nitrogen and oxygen atoms in total. The van der Waals surface area contributed by atoms with Gasteiger partial charge < -0.3 is 0 Å². The molecule has 0 fully saturated rings. The second kappa shape index (κ2) is 9.23. The maximum atomic E-state index is 11.4. The molecule has 0 aromatic heterocycles. The van der Waals surface area contributed by atoms with E-state index < -0.39 is 0 Å². The second-order valence-electron chi connectivity index (χ2n) is 4.42. The van der Waals surface area contributed by atoms with Crippen molar-refractivity contribution in [2.75, 3.05) is 0 Å². The van der Waals surface area contributed by atoms with Gasteiger partial charge in [0.15, 0.2) is 0 Å². The van der Waals surface area contributed by atoms with Crippen molar-refractivity contribution in [3.63, 3.8) is 0 Å². The summed E-state index contributed by atoms with van der Waals surface area (Å²) < 4.78 is 0. The summed E-state index contributed by atoms with van der Waals surface area (Å²) in [5, 5.41) is 0. The first kappa shape index (κ1) is 13.7. The zero-order chi connectivity index (χ0) is 10.8. The molecule has 1 heteroatoms. The zero-order valence-corrected chi connectivity index (χ0v) is 10.1. The summed E-state index contributed by atoms with van der Waals surface area (Å²) in [5.74, 6) is 1.05. The number of rotatable bonds is 9. The number of carbonyl (C=O) groups excluding carboxylic acids is 1. The average Bonchev–Trinajstić information content (AvgIpc) is 2.17. The number of Topliss-reactive ketones (excluding diaryl/α,β-unsaturated/α-hetero) is 1. The van der Waals surface area contributed by atoms with Crippen molar-refractivity contribution in [1.29, 1.82) is 0 Å². The van der Waals surface area contributed by atoms with E-state index in [1.807, 2.05) is 0 Å². The van der Waals surface area contributed by atoms with E-state index in [1.54, 1.807) is 0 Å². The van der Waals surface area contributed by atoms with Crippen LogP contribution in [0.3, 0.4) is 0 Å². The molecule has 0 N–H and O–H groups in total. The van der Waals surface area contributed by atoms with Crippen LogP contribution in [0.15, 0.2) is 0 Å². The number of hydrogen-bond acceptors (Lipinski definition) is 1. The minimum atomic E-state index is 0.468. The predicted molar refractivity (Wildman–Crippen MR) is 62.5 cm³/mol. The predicted octanol–water partition coefficient (Wildman–Crippen LogP) is 4.35. The largest absolute Gasteiger partial charge is 0.300 e. The van der Waals surface area contributed by atoms with Crippen molar-refractivity contribution >= 4 is 5.78 Å². The van der Waals surface area contributed by atoms with Crippen molar-refractivity contribution < 1.29 is 4.79 Å². The Morgan fingerprint density at radius 1 is 1.07 bits per heavy atom. The highest BCUT2D eigenvalue weighted by Crippen LogP contribution is 2.11. The number of ketones is 1. The molecule has 0 saturated heterocycles. The lowest BCUT2D eigenvalue weighted by atomic mass is 9.99. The molecular weight excluding hydrogens is 172 g/mol. The first-order chi connectivity index (χ1) is 6.70. The third kappa shape index (κ3) is 8.28. The molecule has 14 heavy (non-hydrogen) atoms. The fourth-order valence-corrected chi connectivity index (χ4v) is 1.56. The molecule has 1 unspecified atom stereocenters. The van der Waals surface area contributed by atoms with Gasteiger partial charge in [-0.2, -0.15) is 0 Å². The molecule has 0 rings (SSSR count). The summed E-state index contributed by atoms with van der Waals surface area (Å²) in [6, 6.07) is 0. The van der Waals surface area contributed by atoms with E-state index in [1.165, 1.54) is 25.7 Å². The molecule has 0 aromatic carbocycles. The van der Waals surface area contributed by atoms with Gasteiger partial charge in [0, 0.05) is 12.8 Å². The van der Waals surface area contributed by atoms with Crippen molar-refractivity contribution in [1.82, 2.24) is 0 Å². The van der Waals surface area contributed by atoms with Crippen molar-refractivity contribution in [2.24, 2.45) is 5.92 Å². The van der Waals surface area contributed by atoms with Gasteiger partial charge in [0.1, 0.15) is 5.78 Å². The van der Waals surface area contributed by atoms with E-state index in [4.69, 9.17) is 0 Å². The Bertz CT molecular complexity index is 140. The number of hydrogen-bond donors (Lipinski definition) is 0. The summed E-state index contributed by atoms with van der Waals surface area (Å²) in [5.41, 5.74) is 0. The minimum absolute atomic E-state index is 0.468. The van der Waals surface area contributed by atoms with E-state index in [9.17, 15) is 4.79 Å². The third-order valence-electron chi connectivity index (χ3n) is 2.83. The standard InChI is InChI=1S/C13H26O/c1-4-6-7-8-9-10-13(14)11-12(3)5-2/h12H,4-11H2,1-3H3. The summed E-state index contributed by atoms with van der Waals surface area (Å²) in [7, 11) is 0. The van der Waals surface area contributed by atoms with Crippen LogP contribution in [0.2, 0.25) is 0 Å². The van der Waals surface area contributed by atoms with Crippen LogP contribution < -0.4 is 0 Å². The fourth-order valence-electron chi connectivity index (χ4n) is 1.56. The first-order valence-electron chi connectivity index (χ1n) is 6.22. The summed E-state index contributed by atoms with van der Waals surface area (Å²) in [4.78, 5) is 11.4. The highest BCUT2D eigenvalue weighted by Gasteiger charge is 2.06. The van der Waals surface area contributed by atoms with Crippen LogP contribution in [0.5, 0.6) is 0 Å². The Morgan fingerprint density at radius 2 is 1.71 bits per heavy atom. The third-order valence-corrected chi connectivity index (χ3v) is 2.83. The molecule has 1 atom stereocenters. The van der Waals surface area contributed by atoms with Gasteiger partial charge in [-0.3, -0.25) is 4.79 Å². The molecular formula is C13H26O. The molecule has 0 aliphatic heterocycles. The van der Waals surface area contributed by atoms with Gasteiger partial charge in [0.25, 0.3) is 0 Å². The quantitative estimate of drug-likeness (QED) is 0.503. The van der Waals surface area contributed by atoms with Gasteiger partial charge in [0.2, 0.25) is 0 Å². The van der Waals surface area contributed by atoms with Crippen LogP contribution in [0.1, 0.15) is 72.1 Å². The first-order valence-corrected chi connectivity index (χ1v) is 6.22. The molecule has 0 aliphatic rings. The second-order valence-corrected chi connectivity index (χ2v) is 4.42. The summed E-state index contributed by atoms with van der Waals surface area (Å²) in [6.07, 6.45) is 8.97. The van der Waals surface area contributed by atoms with Crippen LogP contribution in [0.4, 0.5) is 0 Å². The molecule has 0 spiro atoms. The highest BCUT2D eigenvalue weighted by atomic mass is 16.1. The molecule has 0 radical (unpaired) electrons. The SMILES string of the molecule is CCCCCCCC(=O)CC(C)CC. The highest BCUT2D eigenvalue weighted by molar-refractivity contribution is 5.78. The van der Waals surface area contributed by atoms with Crippen molar-refractivity contribution in [3.05, 3.63) is 0 Å². The van der Waals surface area contributed by atoms with Gasteiger partial charge in [-0.1, -0.05) is 52.9 Å². The van der Waals surface area contributed by atoms with Crippen LogP contribution in [-0.2, 0) is 4.79 Å². The molecule has 0 aromatic rings. The maximum absolute atomic E-state index is 11.4. The zero-order valence-electron chi connectivity index (χ0n) is 10.1. The van der Waals surface area contributed by atoms with E-state index in [2.05, 4.69) is 20.8 Å². The monoisotopic (exact) mass is 198 g/mol. The Morgan fingerprint density at radius 3 is 2.29 bits per heavy atom. The van der Waals surface area contributed by atoms with E-state index >= 15 is 0 Å². The van der Waals surface area contributed by atoms with Gasteiger partial charge >= 0.3 is 0 Å².